The van der Waals surface area contributed by atoms with Crippen LogP contribution < -0.4 is 5.56 Å². The minimum atomic E-state index is -0.173. The molecule has 5 heteroatoms. The molecule has 0 bridgehead atoms. The van der Waals surface area contributed by atoms with Crippen molar-refractivity contribution in [3.8, 4) is 5.75 Å². The van der Waals surface area contributed by atoms with E-state index in [2.05, 4.69) is 36.7 Å². The van der Waals surface area contributed by atoms with Gasteiger partial charge in [0.25, 0.3) is 5.56 Å². The molecule has 1 spiro atoms. The second-order valence-corrected chi connectivity index (χ2v) is 9.26. The first-order valence-corrected chi connectivity index (χ1v) is 9.91. The highest BCUT2D eigenvalue weighted by Crippen LogP contribution is 2.43. The number of aromatic amines is 1. The molecule has 2 N–H and O–H groups in total. The van der Waals surface area contributed by atoms with Gasteiger partial charge in [0, 0.05) is 29.5 Å². The van der Waals surface area contributed by atoms with E-state index in [0.717, 1.165) is 68.0 Å². The first-order chi connectivity index (χ1) is 12.8. The van der Waals surface area contributed by atoms with Crippen LogP contribution in [0.25, 0.3) is 0 Å². The van der Waals surface area contributed by atoms with Crippen molar-refractivity contribution in [1.29, 1.82) is 0 Å². The highest BCUT2D eigenvalue weighted by Gasteiger charge is 2.45. The molecule has 1 aromatic heterocycles. The predicted molar refractivity (Wildman–Crippen MR) is 106 cm³/mol. The number of aromatic hydroxyl groups is 1. The summed E-state index contributed by atoms with van der Waals surface area (Å²) in [5.74, 6) is 1.10. The molecule has 1 unspecified atom stereocenters. The van der Waals surface area contributed by atoms with Crippen molar-refractivity contribution in [2.45, 2.75) is 63.8 Å². The molecule has 5 nitrogen and oxygen atoms in total. The van der Waals surface area contributed by atoms with Gasteiger partial charge in [-0.1, -0.05) is 32.9 Å². The first kappa shape index (κ1) is 18.2. The summed E-state index contributed by atoms with van der Waals surface area (Å²) in [5.41, 5.74) is 2.91. The third-order valence-corrected chi connectivity index (χ3v) is 6.05. The van der Waals surface area contributed by atoms with Gasteiger partial charge in [0.15, 0.2) is 0 Å². The zero-order valence-electron chi connectivity index (χ0n) is 16.5. The number of phenolic OH excluding ortho intramolecular Hbond substituents is 1. The Hall–Kier alpha value is -2.14. The third kappa shape index (κ3) is 3.41. The molecular formula is C22H29N3O2. The minimum Gasteiger partial charge on any atom is -0.508 e. The lowest BCUT2D eigenvalue weighted by atomic mass is 9.77. The van der Waals surface area contributed by atoms with Crippen LogP contribution in [-0.2, 0) is 23.8 Å². The highest BCUT2D eigenvalue weighted by molar-refractivity contribution is 5.35. The summed E-state index contributed by atoms with van der Waals surface area (Å²) in [4.78, 5) is 23.1. The fourth-order valence-corrected chi connectivity index (χ4v) is 4.68. The third-order valence-electron chi connectivity index (χ3n) is 6.05. The molecule has 2 heterocycles. The van der Waals surface area contributed by atoms with Gasteiger partial charge >= 0.3 is 0 Å². The topological polar surface area (TPSA) is 69.2 Å². The van der Waals surface area contributed by atoms with Crippen molar-refractivity contribution in [2.24, 2.45) is 0 Å². The van der Waals surface area contributed by atoms with E-state index < -0.39 is 0 Å². The molecule has 2 aliphatic rings. The summed E-state index contributed by atoms with van der Waals surface area (Å²) in [6, 6.07) is 7.50. The molecule has 4 rings (SSSR count). The number of benzene rings is 1. The van der Waals surface area contributed by atoms with Gasteiger partial charge in [-0.2, -0.15) is 0 Å². The van der Waals surface area contributed by atoms with Crippen LogP contribution in [0.3, 0.4) is 0 Å². The zero-order chi connectivity index (χ0) is 19.2. The number of likely N-dealkylation sites (tertiary alicyclic amines) is 1. The van der Waals surface area contributed by atoms with Crippen LogP contribution in [0.15, 0.2) is 29.1 Å². The second-order valence-electron chi connectivity index (χ2n) is 9.26. The van der Waals surface area contributed by atoms with Gasteiger partial charge in [0.05, 0.1) is 5.69 Å². The molecule has 1 saturated heterocycles. The lowest BCUT2D eigenvalue weighted by Crippen LogP contribution is -2.45. The maximum Gasteiger partial charge on any atom is 0.254 e. The van der Waals surface area contributed by atoms with Gasteiger partial charge in [-0.05, 0) is 49.9 Å². The molecule has 1 aromatic carbocycles. The Labute approximate surface area is 160 Å². The Morgan fingerprint density at radius 3 is 2.85 bits per heavy atom. The number of rotatable bonds is 2. The van der Waals surface area contributed by atoms with E-state index in [-0.39, 0.29) is 16.4 Å². The van der Waals surface area contributed by atoms with Crippen molar-refractivity contribution >= 4 is 0 Å². The lowest BCUT2D eigenvalue weighted by molar-refractivity contribution is 0.136. The molecule has 144 valence electrons. The van der Waals surface area contributed by atoms with Crippen LogP contribution in [0.4, 0.5) is 0 Å². The van der Waals surface area contributed by atoms with E-state index in [9.17, 15) is 9.90 Å². The summed E-state index contributed by atoms with van der Waals surface area (Å²) in [6.07, 6.45) is 4.03. The normalized spacial score (nSPS) is 22.9. The monoisotopic (exact) mass is 367 g/mol. The molecule has 27 heavy (non-hydrogen) atoms. The lowest BCUT2D eigenvalue weighted by Gasteiger charge is -2.40. The summed E-state index contributed by atoms with van der Waals surface area (Å²) in [5, 5.41) is 9.75. The number of H-pyrrole nitrogens is 1. The van der Waals surface area contributed by atoms with E-state index >= 15 is 0 Å². The summed E-state index contributed by atoms with van der Waals surface area (Å²) < 4.78 is 0. The summed E-state index contributed by atoms with van der Waals surface area (Å²) in [6.45, 7) is 9.07. The van der Waals surface area contributed by atoms with Crippen molar-refractivity contribution < 1.29 is 5.11 Å². The van der Waals surface area contributed by atoms with Gasteiger partial charge in [0.2, 0.25) is 0 Å². The fourth-order valence-electron chi connectivity index (χ4n) is 4.68. The van der Waals surface area contributed by atoms with Crippen molar-refractivity contribution in [2.75, 3.05) is 13.1 Å². The van der Waals surface area contributed by atoms with Gasteiger partial charge in [0.1, 0.15) is 11.6 Å². The molecule has 0 amide bonds. The zero-order valence-corrected chi connectivity index (χ0v) is 16.5. The number of hydrogen-bond donors (Lipinski definition) is 2. The van der Waals surface area contributed by atoms with Crippen molar-refractivity contribution in [1.82, 2.24) is 14.9 Å². The predicted octanol–water partition coefficient (Wildman–Crippen LogP) is 3.25. The van der Waals surface area contributed by atoms with E-state index in [1.807, 2.05) is 12.1 Å². The largest absolute Gasteiger partial charge is 0.508 e. The second kappa shape index (κ2) is 6.48. The van der Waals surface area contributed by atoms with Gasteiger partial charge < -0.3 is 10.1 Å². The van der Waals surface area contributed by atoms with Crippen LogP contribution in [0.2, 0.25) is 0 Å². The number of fused-ring (bicyclic) bond motifs is 2. The highest BCUT2D eigenvalue weighted by atomic mass is 16.3. The van der Waals surface area contributed by atoms with E-state index in [1.165, 1.54) is 0 Å². The minimum absolute atomic E-state index is 0.0152. The van der Waals surface area contributed by atoms with Crippen molar-refractivity contribution in [3.63, 3.8) is 0 Å². The number of piperidine rings is 1. The summed E-state index contributed by atoms with van der Waals surface area (Å²) in [7, 11) is 0. The van der Waals surface area contributed by atoms with Crippen molar-refractivity contribution in [3.05, 3.63) is 57.3 Å². The quantitative estimate of drug-likeness (QED) is 0.855. The smallest absolute Gasteiger partial charge is 0.254 e. The Kier molecular flexibility index (Phi) is 4.38. The average molecular weight is 367 g/mol. The van der Waals surface area contributed by atoms with E-state index in [0.29, 0.717) is 5.75 Å². The maximum absolute atomic E-state index is 12.7. The Morgan fingerprint density at radius 2 is 2.11 bits per heavy atom. The Balaban J connectivity index is 1.65. The van der Waals surface area contributed by atoms with Crippen LogP contribution in [0.1, 0.15) is 62.7 Å². The van der Waals surface area contributed by atoms with E-state index in [1.54, 1.807) is 6.07 Å². The number of aromatic nitrogens is 2. The number of nitrogens with zero attached hydrogens (tertiary/aromatic N) is 2. The fraction of sp³-hybridized carbons (Fsp3) is 0.545. The molecule has 1 fully saturated rings. The van der Waals surface area contributed by atoms with E-state index in [4.69, 9.17) is 4.98 Å². The van der Waals surface area contributed by atoms with Crippen LogP contribution in [0.5, 0.6) is 5.75 Å². The molecule has 1 aliphatic carbocycles. The molecule has 0 saturated carbocycles. The number of hydrogen-bond acceptors (Lipinski definition) is 4. The van der Waals surface area contributed by atoms with Crippen LogP contribution in [0, 0.1) is 0 Å². The molecule has 0 radical (unpaired) electrons. The Morgan fingerprint density at radius 1 is 1.30 bits per heavy atom. The first-order valence-electron chi connectivity index (χ1n) is 9.91. The number of nitrogens with one attached hydrogen (secondary N) is 1. The maximum atomic E-state index is 12.7. The number of phenols is 1. The molecule has 1 atom stereocenters. The van der Waals surface area contributed by atoms with Gasteiger partial charge in [-0.3, -0.25) is 9.69 Å². The molecule has 2 aromatic rings. The van der Waals surface area contributed by atoms with Crippen LogP contribution >= 0.6 is 0 Å². The van der Waals surface area contributed by atoms with Crippen LogP contribution in [-0.4, -0.2) is 33.1 Å². The van der Waals surface area contributed by atoms with Gasteiger partial charge in [-0.15, -0.1) is 0 Å². The molecular weight excluding hydrogens is 338 g/mol. The average Bonchev–Trinajstić information content (AvgIpc) is 2.93. The standard InChI is InChI=1S/C22H29N3O2/c1-21(2,3)20-23-18-17(19(27)24-20)8-10-22(18)9-5-11-25(14-22)13-15-6-4-7-16(26)12-15/h4,6-7,12,26H,5,8-11,13-14H2,1-3H3,(H,23,24,27). The Bertz CT molecular complexity index is 913. The SMILES string of the molecule is CC(C)(C)c1nc2c(c(=O)[nH]1)CCC21CCCN(Cc2cccc(O)c2)C1. The van der Waals surface area contributed by atoms with Gasteiger partial charge in [-0.25, -0.2) is 4.98 Å². The molecule has 1 aliphatic heterocycles. The summed E-state index contributed by atoms with van der Waals surface area (Å²) >= 11 is 0.